The number of hydrogen-bond acceptors (Lipinski definition) is 3. The van der Waals surface area contributed by atoms with Gasteiger partial charge in [-0.05, 0) is 25.3 Å². The highest BCUT2D eigenvalue weighted by Crippen LogP contribution is 2.31. The van der Waals surface area contributed by atoms with E-state index >= 15 is 0 Å². The molecule has 17 heavy (non-hydrogen) atoms. The molecule has 0 spiro atoms. The van der Waals surface area contributed by atoms with E-state index in [1.54, 1.807) is 0 Å². The molecule has 2 rings (SSSR count). The van der Waals surface area contributed by atoms with Gasteiger partial charge in [-0.1, -0.05) is 19.8 Å². The van der Waals surface area contributed by atoms with Crippen molar-refractivity contribution in [3.63, 3.8) is 0 Å². The Kier molecular flexibility index (Phi) is 4.57. The molecule has 1 aliphatic rings. The SMILES string of the molecule is CCCn1cc(C(CN)NCCC2CC2)cn1. The van der Waals surface area contributed by atoms with Crippen LogP contribution in [-0.2, 0) is 6.54 Å². The van der Waals surface area contributed by atoms with Crippen LogP contribution in [0.3, 0.4) is 0 Å². The Balaban J connectivity index is 1.81. The summed E-state index contributed by atoms with van der Waals surface area (Å²) in [6, 6.07) is 0.263. The maximum atomic E-state index is 5.82. The Morgan fingerprint density at radius 2 is 2.41 bits per heavy atom. The van der Waals surface area contributed by atoms with Crippen molar-refractivity contribution in [3.05, 3.63) is 18.0 Å². The molecule has 0 aliphatic heterocycles. The number of aryl methyl sites for hydroxylation is 1. The predicted molar refractivity (Wildman–Crippen MR) is 69.7 cm³/mol. The second kappa shape index (κ2) is 6.17. The second-order valence-corrected chi connectivity index (χ2v) is 5.01. The van der Waals surface area contributed by atoms with E-state index in [9.17, 15) is 0 Å². The van der Waals surface area contributed by atoms with E-state index in [-0.39, 0.29) is 6.04 Å². The van der Waals surface area contributed by atoms with Gasteiger partial charge in [0.15, 0.2) is 0 Å². The summed E-state index contributed by atoms with van der Waals surface area (Å²) in [7, 11) is 0. The molecule has 0 amide bonds. The molecule has 1 atom stereocenters. The number of aromatic nitrogens is 2. The number of nitrogens with two attached hydrogens (primary N) is 1. The molecule has 1 unspecified atom stereocenters. The van der Waals surface area contributed by atoms with Crippen LogP contribution in [0, 0.1) is 5.92 Å². The average molecular weight is 236 g/mol. The normalized spacial score (nSPS) is 17.3. The number of hydrogen-bond donors (Lipinski definition) is 2. The van der Waals surface area contributed by atoms with Gasteiger partial charge < -0.3 is 11.1 Å². The predicted octanol–water partition coefficient (Wildman–Crippen LogP) is 1.68. The first-order valence-corrected chi connectivity index (χ1v) is 6.79. The third kappa shape index (κ3) is 3.82. The lowest BCUT2D eigenvalue weighted by Gasteiger charge is -2.14. The molecule has 0 aromatic carbocycles. The first kappa shape index (κ1) is 12.6. The van der Waals surface area contributed by atoms with Crippen molar-refractivity contribution < 1.29 is 0 Å². The molecule has 0 saturated heterocycles. The first-order chi connectivity index (χ1) is 8.33. The standard InChI is InChI=1S/C13H24N4/c1-2-7-17-10-12(9-16-17)13(8-14)15-6-5-11-3-4-11/h9-11,13,15H,2-8,14H2,1H3. The van der Waals surface area contributed by atoms with Crippen molar-refractivity contribution in [3.8, 4) is 0 Å². The van der Waals surface area contributed by atoms with Gasteiger partial charge in [0.2, 0.25) is 0 Å². The van der Waals surface area contributed by atoms with Crippen molar-refractivity contribution in [1.29, 1.82) is 0 Å². The van der Waals surface area contributed by atoms with Gasteiger partial charge in [0.1, 0.15) is 0 Å². The number of rotatable bonds is 8. The summed E-state index contributed by atoms with van der Waals surface area (Å²) in [6.45, 7) is 4.86. The third-order valence-electron chi connectivity index (χ3n) is 3.38. The van der Waals surface area contributed by atoms with E-state index in [4.69, 9.17) is 5.73 Å². The van der Waals surface area contributed by atoms with Crippen molar-refractivity contribution in [1.82, 2.24) is 15.1 Å². The second-order valence-electron chi connectivity index (χ2n) is 5.01. The smallest absolute Gasteiger partial charge is 0.0538 e. The van der Waals surface area contributed by atoms with Gasteiger partial charge in [0.25, 0.3) is 0 Å². The minimum atomic E-state index is 0.263. The van der Waals surface area contributed by atoms with Gasteiger partial charge in [-0.25, -0.2) is 0 Å². The van der Waals surface area contributed by atoms with E-state index in [0.29, 0.717) is 6.54 Å². The third-order valence-corrected chi connectivity index (χ3v) is 3.38. The van der Waals surface area contributed by atoms with Gasteiger partial charge in [-0.3, -0.25) is 4.68 Å². The molecule has 1 aromatic heterocycles. The monoisotopic (exact) mass is 236 g/mol. The largest absolute Gasteiger partial charge is 0.329 e. The van der Waals surface area contributed by atoms with Crippen molar-refractivity contribution >= 4 is 0 Å². The zero-order chi connectivity index (χ0) is 12.1. The molecular weight excluding hydrogens is 212 g/mol. The van der Waals surface area contributed by atoms with Crippen LogP contribution in [0.25, 0.3) is 0 Å². The van der Waals surface area contributed by atoms with E-state index in [0.717, 1.165) is 25.4 Å². The zero-order valence-electron chi connectivity index (χ0n) is 10.7. The highest BCUT2D eigenvalue weighted by atomic mass is 15.3. The Morgan fingerprint density at radius 3 is 3.06 bits per heavy atom. The van der Waals surface area contributed by atoms with E-state index in [1.807, 2.05) is 10.9 Å². The minimum absolute atomic E-state index is 0.263. The molecule has 1 aliphatic carbocycles. The van der Waals surface area contributed by atoms with Gasteiger partial charge in [0.05, 0.1) is 6.20 Å². The minimum Gasteiger partial charge on any atom is -0.329 e. The summed E-state index contributed by atoms with van der Waals surface area (Å²) in [6.07, 6.45) is 9.30. The molecule has 0 radical (unpaired) electrons. The van der Waals surface area contributed by atoms with Crippen LogP contribution >= 0.6 is 0 Å². The quantitative estimate of drug-likeness (QED) is 0.722. The molecule has 1 aromatic rings. The lowest BCUT2D eigenvalue weighted by molar-refractivity contribution is 0.515. The molecule has 3 N–H and O–H groups in total. The van der Waals surface area contributed by atoms with Gasteiger partial charge in [0, 0.05) is 30.9 Å². The highest BCUT2D eigenvalue weighted by Gasteiger charge is 2.21. The Bertz CT molecular complexity index is 330. The Labute approximate surface area is 104 Å². The number of nitrogens with one attached hydrogen (secondary N) is 1. The summed E-state index contributed by atoms with van der Waals surface area (Å²) in [4.78, 5) is 0. The lowest BCUT2D eigenvalue weighted by atomic mass is 10.1. The molecular formula is C13H24N4. The average Bonchev–Trinajstić information content (AvgIpc) is 3.04. The van der Waals surface area contributed by atoms with Crippen LogP contribution in [0.5, 0.6) is 0 Å². The number of nitrogens with zero attached hydrogens (tertiary/aromatic N) is 2. The van der Waals surface area contributed by atoms with Gasteiger partial charge >= 0.3 is 0 Å². The van der Waals surface area contributed by atoms with Crippen molar-refractivity contribution in [2.24, 2.45) is 11.7 Å². The summed E-state index contributed by atoms with van der Waals surface area (Å²) < 4.78 is 2.00. The molecule has 1 saturated carbocycles. The fraction of sp³-hybridized carbons (Fsp3) is 0.769. The summed E-state index contributed by atoms with van der Waals surface area (Å²) in [5.74, 6) is 0.976. The van der Waals surface area contributed by atoms with Crippen LogP contribution in [0.15, 0.2) is 12.4 Å². The first-order valence-electron chi connectivity index (χ1n) is 6.79. The topological polar surface area (TPSA) is 55.9 Å². The lowest BCUT2D eigenvalue weighted by Crippen LogP contribution is -2.29. The fourth-order valence-electron chi connectivity index (χ4n) is 2.12. The highest BCUT2D eigenvalue weighted by molar-refractivity contribution is 5.10. The summed E-state index contributed by atoms with van der Waals surface area (Å²) in [5.41, 5.74) is 7.04. The fourth-order valence-corrected chi connectivity index (χ4v) is 2.12. The van der Waals surface area contributed by atoms with Gasteiger partial charge in [-0.15, -0.1) is 0 Å². The molecule has 96 valence electrons. The van der Waals surface area contributed by atoms with E-state index in [1.165, 1.54) is 24.8 Å². The maximum absolute atomic E-state index is 5.82. The summed E-state index contributed by atoms with van der Waals surface area (Å²) in [5, 5.41) is 7.89. The van der Waals surface area contributed by atoms with Crippen LogP contribution in [0.1, 0.15) is 44.2 Å². The molecule has 0 bridgehead atoms. The van der Waals surface area contributed by atoms with Crippen LogP contribution < -0.4 is 11.1 Å². The van der Waals surface area contributed by atoms with Crippen LogP contribution in [0.2, 0.25) is 0 Å². The van der Waals surface area contributed by atoms with Gasteiger partial charge in [-0.2, -0.15) is 5.10 Å². The van der Waals surface area contributed by atoms with E-state index < -0.39 is 0 Å². The molecule has 4 heteroatoms. The summed E-state index contributed by atoms with van der Waals surface area (Å²) >= 11 is 0. The molecule has 1 fully saturated rings. The van der Waals surface area contributed by atoms with Crippen LogP contribution in [0.4, 0.5) is 0 Å². The molecule has 4 nitrogen and oxygen atoms in total. The van der Waals surface area contributed by atoms with E-state index in [2.05, 4.69) is 23.5 Å². The molecule has 1 heterocycles. The van der Waals surface area contributed by atoms with Crippen molar-refractivity contribution in [2.45, 2.75) is 45.2 Å². The van der Waals surface area contributed by atoms with Crippen molar-refractivity contribution in [2.75, 3.05) is 13.1 Å². The maximum Gasteiger partial charge on any atom is 0.0538 e. The Morgan fingerprint density at radius 1 is 1.59 bits per heavy atom. The van der Waals surface area contributed by atoms with Crippen LogP contribution in [-0.4, -0.2) is 22.9 Å². The Hall–Kier alpha value is -0.870. The zero-order valence-corrected chi connectivity index (χ0v) is 10.7.